The van der Waals surface area contributed by atoms with E-state index >= 15 is 0 Å². The summed E-state index contributed by atoms with van der Waals surface area (Å²) in [5.74, 6) is 1.50. The molecule has 0 fully saturated rings. The summed E-state index contributed by atoms with van der Waals surface area (Å²) in [5, 5.41) is 0. The van der Waals surface area contributed by atoms with E-state index in [-0.39, 0.29) is 18.3 Å². The van der Waals surface area contributed by atoms with Gasteiger partial charge in [-0.3, -0.25) is 9.59 Å². The van der Waals surface area contributed by atoms with Crippen molar-refractivity contribution in [2.45, 2.75) is 13.8 Å². The molecule has 0 spiro atoms. The van der Waals surface area contributed by atoms with Gasteiger partial charge in [0.25, 0.3) is 5.91 Å². The lowest BCUT2D eigenvalue weighted by molar-refractivity contribution is -0.132. The molecule has 0 saturated heterocycles. The first-order chi connectivity index (χ1) is 14.0. The van der Waals surface area contributed by atoms with Gasteiger partial charge < -0.3 is 19.1 Å². The zero-order valence-corrected chi connectivity index (χ0v) is 17.3. The van der Waals surface area contributed by atoms with Gasteiger partial charge in [0.15, 0.2) is 23.9 Å². The summed E-state index contributed by atoms with van der Waals surface area (Å²) in [6.45, 7) is 5.13. The van der Waals surface area contributed by atoms with Gasteiger partial charge in [0.05, 0.1) is 14.2 Å². The van der Waals surface area contributed by atoms with E-state index in [2.05, 4.69) is 0 Å². The quantitative estimate of drug-likeness (QED) is 0.450. The normalized spacial score (nSPS) is 10.6. The Labute approximate surface area is 171 Å². The highest BCUT2D eigenvalue weighted by atomic mass is 16.5. The number of hydrogen-bond acceptors (Lipinski definition) is 5. The Morgan fingerprint density at radius 2 is 1.66 bits per heavy atom. The first kappa shape index (κ1) is 22.0. The molecule has 1 amide bonds. The SMILES string of the molecule is CCN(CC)C(=O)COc1ccc(C(=O)/C=C/c2cccc(OC)c2OC)cc1. The minimum absolute atomic E-state index is 0.0233. The Kier molecular flexibility index (Phi) is 8.27. The first-order valence-corrected chi connectivity index (χ1v) is 9.48. The van der Waals surface area contributed by atoms with E-state index < -0.39 is 0 Å². The molecule has 0 N–H and O–H groups in total. The predicted octanol–water partition coefficient (Wildman–Crippen LogP) is 3.85. The molecule has 0 radical (unpaired) electrons. The number of ketones is 1. The summed E-state index contributed by atoms with van der Waals surface area (Å²) in [7, 11) is 3.12. The third-order valence-corrected chi connectivity index (χ3v) is 4.46. The van der Waals surface area contributed by atoms with Crippen LogP contribution in [0.5, 0.6) is 17.2 Å². The smallest absolute Gasteiger partial charge is 0.260 e. The van der Waals surface area contributed by atoms with Crippen molar-refractivity contribution in [2.24, 2.45) is 0 Å². The maximum atomic E-state index is 12.5. The van der Waals surface area contributed by atoms with Crippen LogP contribution in [0.15, 0.2) is 48.5 Å². The molecular formula is C23H27NO5. The highest BCUT2D eigenvalue weighted by molar-refractivity contribution is 6.07. The van der Waals surface area contributed by atoms with Crippen LogP contribution in [0.1, 0.15) is 29.8 Å². The van der Waals surface area contributed by atoms with E-state index in [4.69, 9.17) is 14.2 Å². The Bertz CT molecular complexity index is 854. The lowest BCUT2D eigenvalue weighted by Gasteiger charge is -2.18. The second kappa shape index (κ2) is 10.9. The summed E-state index contributed by atoms with van der Waals surface area (Å²) in [6.07, 6.45) is 3.17. The third kappa shape index (κ3) is 5.85. The third-order valence-electron chi connectivity index (χ3n) is 4.46. The highest BCUT2D eigenvalue weighted by Gasteiger charge is 2.11. The number of carbonyl (C=O) groups excluding carboxylic acids is 2. The number of amides is 1. The fourth-order valence-electron chi connectivity index (χ4n) is 2.83. The second-order valence-electron chi connectivity index (χ2n) is 6.16. The fourth-order valence-corrected chi connectivity index (χ4v) is 2.83. The van der Waals surface area contributed by atoms with Gasteiger partial charge >= 0.3 is 0 Å². The Balaban J connectivity index is 2.02. The number of likely N-dealkylation sites (N-methyl/N-ethyl adjacent to an activating group) is 1. The van der Waals surface area contributed by atoms with E-state index in [1.807, 2.05) is 26.0 Å². The molecule has 2 aromatic rings. The largest absolute Gasteiger partial charge is 0.493 e. The van der Waals surface area contributed by atoms with Gasteiger partial charge in [0.2, 0.25) is 0 Å². The monoisotopic (exact) mass is 397 g/mol. The molecule has 29 heavy (non-hydrogen) atoms. The number of benzene rings is 2. The van der Waals surface area contributed by atoms with Crippen LogP contribution in [-0.4, -0.2) is 50.5 Å². The summed E-state index contributed by atoms with van der Waals surface area (Å²) in [5.41, 5.74) is 1.26. The number of nitrogens with zero attached hydrogens (tertiary/aromatic N) is 1. The summed E-state index contributed by atoms with van der Waals surface area (Å²) in [4.78, 5) is 26.2. The molecule has 0 aliphatic heterocycles. The van der Waals surface area contributed by atoms with Crippen LogP contribution in [0.2, 0.25) is 0 Å². The molecule has 2 rings (SSSR count). The van der Waals surface area contributed by atoms with Gasteiger partial charge in [-0.1, -0.05) is 12.1 Å². The zero-order valence-electron chi connectivity index (χ0n) is 17.3. The van der Waals surface area contributed by atoms with Crippen molar-refractivity contribution < 1.29 is 23.8 Å². The summed E-state index contributed by atoms with van der Waals surface area (Å²) in [6, 6.07) is 12.2. The molecule has 0 aromatic heterocycles. The van der Waals surface area contributed by atoms with Crippen molar-refractivity contribution in [3.8, 4) is 17.2 Å². The van der Waals surface area contributed by atoms with Crippen molar-refractivity contribution in [1.82, 2.24) is 4.90 Å². The molecular weight excluding hydrogens is 370 g/mol. The van der Waals surface area contributed by atoms with Crippen LogP contribution in [0.3, 0.4) is 0 Å². The van der Waals surface area contributed by atoms with Gasteiger partial charge in [-0.2, -0.15) is 0 Å². The van der Waals surface area contributed by atoms with Gasteiger partial charge in [0, 0.05) is 24.2 Å². The molecule has 0 saturated carbocycles. The van der Waals surface area contributed by atoms with Crippen molar-refractivity contribution in [3.63, 3.8) is 0 Å². The van der Waals surface area contributed by atoms with Gasteiger partial charge in [-0.25, -0.2) is 0 Å². The second-order valence-corrected chi connectivity index (χ2v) is 6.16. The molecule has 0 unspecified atom stereocenters. The van der Waals surface area contributed by atoms with E-state index in [9.17, 15) is 9.59 Å². The van der Waals surface area contributed by atoms with Crippen LogP contribution < -0.4 is 14.2 Å². The molecule has 0 heterocycles. The Morgan fingerprint density at radius 3 is 2.24 bits per heavy atom. The van der Waals surface area contributed by atoms with Crippen molar-refractivity contribution in [1.29, 1.82) is 0 Å². The van der Waals surface area contributed by atoms with Gasteiger partial charge in [-0.05, 0) is 56.3 Å². The van der Waals surface area contributed by atoms with Crippen LogP contribution >= 0.6 is 0 Å². The molecule has 0 aliphatic rings. The molecule has 0 atom stereocenters. The minimum atomic E-state index is -0.152. The Morgan fingerprint density at radius 1 is 0.966 bits per heavy atom. The van der Waals surface area contributed by atoms with Crippen molar-refractivity contribution in [2.75, 3.05) is 33.9 Å². The number of hydrogen-bond donors (Lipinski definition) is 0. The standard InChI is InChI=1S/C23H27NO5/c1-5-24(6-2)22(26)16-29-19-13-10-17(11-14-19)20(25)15-12-18-8-7-9-21(27-3)23(18)28-4/h7-15H,5-6,16H2,1-4H3/b15-12+. The molecule has 154 valence electrons. The molecule has 2 aromatic carbocycles. The van der Waals surface area contributed by atoms with E-state index in [0.717, 1.165) is 5.56 Å². The Hall–Kier alpha value is -3.28. The van der Waals surface area contributed by atoms with Crippen LogP contribution in [-0.2, 0) is 4.79 Å². The molecule has 0 bridgehead atoms. The number of allylic oxidation sites excluding steroid dienone is 1. The predicted molar refractivity (Wildman–Crippen MR) is 113 cm³/mol. The summed E-state index contributed by atoms with van der Waals surface area (Å²) >= 11 is 0. The molecule has 6 nitrogen and oxygen atoms in total. The highest BCUT2D eigenvalue weighted by Crippen LogP contribution is 2.31. The average molecular weight is 397 g/mol. The lowest BCUT2D eigenvalue weighted by Crippen LogP contribution is -2.34. The van der Waals surface area contributed by atoms with Crippen LogP contribution in [0.4, 0.5) is 0 Å². The first-order valence-electron chi connectivity index (χ1n) is 9.48. The molecule has 6 heteroatoms. The van der Waals surface area contributed by atoms with E-state index in [1.54, 1.807) is 55.5 Å². The number of ether oxygens (including phenoxy) is 3. The average Bonchev–Trinajstić information content (AvgIpc) is 2.76. The van der Waals surface area contributed by atoms with Crippen LogP contribution in [0, 0.1) is 0 Å². The van der Waals surface area contributed by atoms with Crippen LogP contribution in [0.25, 0.3) is 6.08 Å². The topological polar surface area (TPSA) is 65.1 Å². The summed E-state index contributed by atoms with van der Waals surface area (Å²) < 4.78 is 16.2. The minimum Gasteiger partial charge on any atom is -0.493 e. The fraction of sp³-hybridized carbons (Fsp3) is 0.304. The number of methoxy groups -OCH3 is 2. The number of para-hydroxylation sites is 1. The van der Waals surface area contributed by atoms with E-state index in [1.165, 1.54) is 6.08 Å². The van der Waals surface area contributed by atoms with Crippen molar-refractivity contribution in [3.05, 3.63) is 59.7 Å². The lowest BCUT2D eigenvalue weighted by atomic mass is 10.1. The van der Waals surface area contributed by atoms with Crippen molar-refractivity contribution >= 4 is 17.8 Å². The maximum Gasteiger partial charge on any atom is 0.260 e. The number of carbonyl (C=O) groups is 2. The van der Waals surface area contributed by atoms with Gasteiger partial charge in [0.1, 0.15) is 5.75 Å². The van der Waals surface area contributed by atoms with E-state index in [0.29, 0.717) is 35.9 Å². The van der Waals surface area contributed by atoms with Gasteiger partial charge in [-0.15, -0.1) is 0 Å². The number of rotatable bonds is 10. The molecule has 0 aliphatic carbocycles. The maximum absolute atomic E-state index is 12.5. The zero-order chi connectivity index (χ0) is 21.2.